The molecule has 144 valence electrons. The van der Waals surface area contributed by atoms with Gasteiger partial charge in [-0.3, -0.25) is 0 Å². The first-order valence-corrected chi connectivity index (χ1v) is 9.72. The van der Waals surface area contributed by atoms with E-state index in [1.165, 1.54) is 0 Å². The van der Waals surface area contributed by atoms with Gasteiger partial charge in [0.1, 0.15) is 0 Å². The molecular formula is C21H23N5O2. The van der Waals surface area contributed by atoms with Crippen molar-refractivity contribution in [3.63, 3.8) is 0 Å². The standard InChI is InChI=1S/C21H23N5O2/c1-14-6-7-15(10-18(14)19-22-12-17-5-3-9-25(17)24-19)23-20(28)26-16-4-2-8-21(26,11-16)13-27/h3,5-7,9-10,12,16,27H,2,4,8,11,13H2,1H3,(H,23,28)/t16-,21+/m1/s1. The first-order valence-electron chi connectivity index (χ1n) is 9.72. The van der Waals surface area contributed by atoms with E-state index in [9.17, 15) is 9.90 Å². The van der Waals surface area contributed by atoms with E-state index in [2.05, 4.69) is 15.4 Å². The van der Waals surface area contributed by atoms with Crippen molar-refractivity contribution >= 4 is 17.2 Å². The van der Waals surface area contributed by atoms with Gasteiger partial charge in [-0.05, 0) is 62.4 Å². The highest BCUT2D eigenvalue weighted by molar-refractivity contribution is 5.91. The van der Waals surface area contributed by atoms with Gasteiger partial charge in [-0.25, -0.2) is 14.3 Å². The van der Waals surface area contributed by atoms with E-state index in [4.69, 9.17) is 0 Å². The molecule has 5 rings (SSSR count). The average Bonchev–Trinajstić information content (AvgIpc) is 3.17. The van der Waals surface area contributed by atoms with Crippen molar-refractivity contribution in [3.8, 4) is 11.4 Å². The summed E-state index contributed by atoms with van der Waals surface area (Å²) in [5, 5.41) is 17.4. The number of aliphatic hydroxyl groups excluding tert-OH is 1. The minimum Gasteiger partial charge on any atom is -0.394 e. The number of anilines is 1. The lowest BCUT2D eigenvalue weighted by Crippen LogP contribution is -2.72. The number of amides is 2. The van der Waals surface area contributed by atoms with Crippen LogP contribution in [-0.2, 0) is 0 Å². The highest BCUT2D eigenvalue weighted by atomic mass is 16.3. The summed E-state index contributed by atoms with van der Waals surface area (Å²) in [4.78, 5) is 19.2. The third kappa shape index (κ3) is 2.57. The van der Waals surface area contributed by atoms with Crippen LogP contribution in [-0.4, -0.2) is 48.8 Å². The van der Waals surface area contributed by atoms with Crippen LogP contribution in [0.4, 0.5) is 10.5 Å². The number of benzene rings is 1. The van der Waals surface area contributed by atoms with Gasteiger partial charge < -0.3 is 15.3 Å². The fourth-order valence-electron chi connectivity index (χ4n) is 4.71. The minimum atomic E-state index is -0.372. The molecule has 2 bridgehead atoms. The smallest absolute Gasteiger partial charge is 0.322 e. The number of aliphatic hydroxyl groups is 1. The SMILES string of the molecule is Cc1ccc(NC(=O)N2[C@@H]3CCC[C@@]2(CO)C3)cc1-c1ncc2cccn2n1. The molecule has 7 nitrogen and oxygen atoms in total. The fourth-order valence-corrected chi connectivity index (χ4v) is 4.71. The molecule has 2 saturated heterocycles. The number of fused-ring (bicyclic) bond motifs is 3. The van der Waals surface area contributed by atoms with E-state index in [1.54, 1.807) is 10.7 Å². The highest BCUT2D eigenvalue weighted by Crippen LogP contribution is 2.47. The molecule has 0 spiro atoms. The summed E-state index contributed by atoms with van der Waals surface area (Å²) in [6.07, 6.45) is 7.54. The Bertz CT molecular complexity index is 1060. The third-order valence-electron chi connectivity index (χ3n) is 6.19. The zero-order chi connectivity index (χ0) is 19.3. The Morgan fingerprint density at radius 2 is 2.29 bits per heavy atom. The molecule has 2 aliphatic rings. The van der Waals surface area contributed by atoms with E-state index in [-0.39, 0.29) is 24.2 Å². The molecule has 2 aliphatic heterocycles. The summed E-state index contributed by atoms with van der Waals surface area (Å²) in [6.45, 7) is 2.03. The average molecular weight is 377 g/mol. The molecule has 2 N–H and O–H groups in total. The Labute approximate surface area is 163 Å². The van der Waals surface area contributed by atoms with Crippen LogP contribution in [0, 0.1) is 6.92 Å². The lowest BCUT2D eigenvalue weighted by atomic mass is 9.69. The van der Waals surface area contributed by atoms with Crippen molar-refractivity contribution < 1.29 is 9.90 Å². The molecule has 1 aromatic carbocycles. The largest absolute Gasteiger partial charge is 0.394 e. The number of aromatic nitrogens is 3. The van der Waals surface area contributed by atoms with Gasteiger partial charge in [-0.2, -0.15) is 0 Å². The number of rotatable bonds is 3. The van der Waals surface area contributed by atoms with Crippen LogP contribution in [0.25, 0.3) is 16.9 Å². The fraction of sp³-hybridized carbons (Fsp3) is 0.381. The summed E-state index contributed by atoms with van der Waals surface area (Å²) in [5.74, 6) is 0.616. The molecule has 2 amide bonds. The summed E-state index contributed by atoms with van der Waals surface area (Å²) in [7, 11) is 0. The third-order valence-corrected chi connectivity index (χ3v) is 6.19. The topological polar surface area (TPSA) is 82.8 Å². The Kier molecular flexibility index (Phi) is 3.87. The van der Waals surface area contributed by atoms with Gasteiger partial charge in [0, 0.05) is 23.5 Å². The molecule has 2 atom stereocenters. The number of nitrogens with one attached hydrogen (secondary N) is 1. The predicted octanol–water partition coefficient (Wildman–Crippen LogP) is 3.23. The maximum atomic E-state index is 12.9. The van der Waals surface area contributed by atoms with Crippen molar-refractivity contribution in [3.05, 3.63) is 48.3 Å². The second-order valence-electron chi connectivity index (χ2n) is 7.92. The van der Waals surface area contributed by atoms with Crippen LogP contribution in [0.1, 0.15) is 31.2 Å². The van der Waals surface area contributed by atoms with Crippen LogP contribution in [0.2, 0.25) is 0 Å². The monoisotopic (exact) mass is 377 g/mol. The molecule has 0 unspecified atom stereocenters. The molecule has 4 heterocycles. The molecule has 28 heavy (non-hydrogen) atoms. The van der Waals surface area contributed by atoms with E-state index in [0.717, 1.165) is 42.3 Å². The first kappa shape index (κ1) is 17.2. The number of hydrogen-bond acceptors (Lipinski definition) is 4. The summed E-state index contributed by atoms with van der Waals surface area (Å²) >= 11 is 0. The lowest BCUT2D eigenvalue weighted by molar-refractivity contribution is -0.0980. The van der Waals surface area contributed by atoms with E-state index >= 15 is 0 Å². The second-order valence-corrected chi connectivity index (χ2v) is 7.92. The van der Waals surface area contributed by atoms with E-state index < -0.39 is 0 Å². The Balaban J connectivity index is 1.42. The van der Waals surface area contributed by atoms with Crippen LogP contribution in [0.3, 0.4) is 0 Å². The molecule has 2 aromatic heterocycles. The molecule has 7 heteroatoms. The quantitative estimate of drug-likeness (QED) is 0.734. The molecule has 0 aliphatic carbocycles. The number of carbonyl (C=O) groups excluding carboxylic acids is 1. The number of aryl methyl sites for hydroxylation is 1. The van der Waals surface area contributed by atoms with Gasteiger partial charge in [0.25, 0.3) is 0 Å². The molecule has 2 fully saturated rings. The maximum Gasteiger partial charge on any atom is 0.322 e. The normalized spacial score (nSPS) is 23.5. The zero-order valence-corrected chi connectivity index (χ0v) is 15.8. The van der Waals surface area contributed by atoms with Gasteiger partial charge in [-0.1, -0.05) is 6.07 Å². The van der Waals surface area contributed by atoms with Crippen molar-refractivity contribution in [2.24, 2.45) is 0 Å². The van der Waals surface area contributed by atoms with Gasteiger partial charge in [0.15, 0.2) is 5.82 Å². The maximum absolute atomic E-state index is 12.9. The number of carbonyl (C=O) groups is 1. The number of nitrogens with zero attached hydrogens (tertiary/aromatic N) is 4. The lowest BCUT2D eigenvalue weighted by Gasteiger charge is -2.61. The minimum absolute atomic E-state index is 0.0286. The van der Waals surface area contributed by atoms with Crippen LogP contribution < -0.4 is 5.32 Å². The second kappa shape index (κ2) is 6.31. The van der Waals surface area contributed by atoms with Crippen LogP contribution in [0.5, 0.6) is 0 Å². The van der Waals surface area contributed by atoms with Crippen molar-refractivity contribution in [1.29, 1.82) is 0 Å². The Morgan fingerprint density at radius 3 is 3.11 bits per heavy atom. The predicted molar refractivity (Wildman–Crippen MR) is 106 cm³/mol. The van der Waals surface area contributed by atoms with Crippen LogP contribution in [0.15, 0.2) is 42.7 Å². The molecule has 0 saturated carbocycles. The van der Waals surface area contributed by atoms with Gasteiger partial charge >= 0.3 is 6.03 Å². The molecule has 0 radical (unpaired) electrons. The number of urea groups is 1. The first-order chi connectivity index (χ1) is 13.6. The van der Waals surface area contributed by atoms with Gasteiger partial charge in [0.05, 0.1) is 23.9 Å². The van der Waals surface area contributed by atoms with Gasteiger partial charge in [0.2, 0.25) is 0 Å². The van der Waals surface area contributed by atoms with Crippen molar-refractivity contribution in [2.45, 2.75) is 44.2 Å². The Morgan fingerprint density at radius 1 is 1.39 bits per heavy atom. The highest BCUT2D eigenvalue weighted by Gasteiger charge is 2.56. The number of hydrogen-bond donors (Lipinski definition) is 2. The van der Waals surface area contributed by atoms with Gasteiger partial charge in [-0.15, -0.1) is 5.10 Å². The summed E-state index contributed by atoms with van der Waals surface area (Å²) in [6, 6.07) is 9.76. The van der Waals surface area contributed by atoms with E-state index in [0.29, 0.717) is 11.5 Å². The number of piperidine rings is 1. The molecule has 3 aromatic rings. The molecular weight excluding hydrogens is 354 g/mol. The zero-order valence-electron chi connectivity index (χ0n) is 15.8. The Hall–Kier alpha value is -2.93. The van der Waals surface area contributed by atoms with Crippen LogP contribution >= 0.6 is 0 Å². The summed E-state index contributed by atoms with van der Waals surface area (Å²) in [5.41, 5.74) is 3.19. The summed E-state index contributed by atoms with van der Waals surface area (Å²) < 4.78 is 1.79. The van der Waals surface area contributed by atoms with E-state index in [1.807, 2.05) is 48.4 Å². The van der Waals surface area contributed by atoms with Crippen molar-refractivity contribution in [1.82, 2.24) is 19.5 Å². The van der Waals surface area contributed by atoms with Crippen molar-refractivity contribution in [2.75, 3.05) is 11.9 Å².